The highest BCUT2D eigenvalue weighted by Crippen LogP contribution is 2.37. The topological polar surface area (TPSA) is 59.1 Å². The molecule has 2 heterocycles. The maximum Gasteiger partial charge on any atom is 0.231 e. The minimum Gasteiger partial charge on any atom is -0.454 e. The van der Waals surface area contributed by atoms with E-state index in [-0.39, 0.29) is 37.0 Å². The van der Waals surface area contributed by atoms with Gasteiger partial charge in [-0.25, -0.2) is 0 Å². The molecule has 0 radical (unpaired) electrons. The van der Waals surface area contributed by atoms with Crippen LogP contribution in [0.5, 0.6) is 11.5 Å². The van der Waals surface area contributed by atoms with Crippen LogP contribution >= 0.6 is 0 Å². The normalized spacial score (nSPS) is 20.4. The molecule has 2 aliphatic heterocycles. The molecule has 1 aromatic carbocycles. The summed E-state index contributed by atoms with van der Waals surface area (Å²) in [5, 5.41) is 0. The van der Waals surface area contributed by atoms with E-state index in [1.807, 2.05) is 20.0 Å². The van der Waals surface area contributed by atoms with Crippen LogP contribution in [0.15, 0.2) is 18.2 Å². The second-order valence-corrected chi connectivity index (χ2v) is 6.53. The molecular formula is C18H24N2O4. The molecule has 0 saturated carbocycles. The molecule has 24 heavy (non-hydrogen) atoms. The third-order valence-corrected chi connectivity index (χ3v) is 4.86. The Labute approximate surface area is 142 Å². The summed E-state index contributed by atoms with van der Waals surface area (Å²) in [5.74, 6) is 1.07. The number of amides is 2. The lowest BCUT2D eigenvalue weighted by Gasteiger charge is -2.27. The lowest BCUT2D eigenvalue weighted by molar-refractivity contribution is -0.136. The summed E-state index contributed by atoms with van der Waals surface area (Å²) in [7, 11) is 1.83. The smallest absolute Gasteiger partial charge is 0.231 e. The van der Waals surface area contributed by atoms with Crippen molar-refractivity contribution in [2.45, 2.75) is 39.2 Å². The Balaban J connectivity index is 1.70. The first-order valence-corrected chi connectivity index (χ1v) is 8.48. The van der Waals surface area contributed by atoms with Gasteiger partial charge in [-0.3, -0.25) is 9.59 Å². The quantitative estimate of drug-likeness (QED) is 0.831. The summed E-state index contributed by atoms with van der Waals surface area (Å²) in [4.78, 5) is 28.5. The average Bonchev–Trinajstić information content (AvgIpc) is 3.19. The maximum atomic E-state index is 12.7. The summed E-state index contributed by atoms with van der Waals surface area (Å²) < 4.78 is 10.7. The van der Waals surface area contributed by atoms with Crippen molar-refractivity contribution in [3.8, 4) is 11.5 Å². The Bertz CT molecular complexity index is 646. The molecule has 0 aromatic heterocycles. The van der Waals surface area contributed by atoms with E-state index in [1.54, 1.807) is 21.9 Å². The number of rotatable bonds is 5. The van der Waals surface area contributed by atoms with E-state index in [0.717, 1.165) is 18.5 Å². The van der Waals surface area contributed by atoms with Gasteiger partial charge in [-0.2, -0.15) is 0 Å². The molecule has 6 nitrogen and oxygen atoms in total. The Morgan fingerprint density at radius 1 is 1.38 bits per heavy atom. The van der Waals surface area contributed by atoms with Gasteiger partial charge in [-0.05, 0) is 25.5 Å². The second kappa shape index (κ2) is 6.71. The van der Waals surface area contributed by atoms with E-state index < -0.39 is 0 Å². The van der Waals surface area contributed by atoms with Crippen molar-refractivity contribution in [1.82, 2.24) is 4.90 Å². The molecule has 0 bridgehead atoms. The summed E-state index contributed by atoms with van der Waals surface area (Å²) in [5.41, 5.74) is 0.754. The molecule has 3 rings (SSSR count). The highest BCUT2D eigenvalue weighted by molar-refractivity contribution is 6.00. The van der Waals surface area contributed by atoms with Gasteiger partial charge in [0.15, 0.2) is 11.5 Å². The second-order valence-electron chi connectivity index (χ2n) is 6.53. The van der Waals surface area contributed by atoms with Crippen LogP contribution in [0.4, 0.5) is 5.69 Å². The van der Waals surface area contributed by atoms with Crippen LogP contribution in [0.2, 0.25) is 0 Å². The summed E-state index contributed by atoms with van der Waals surface area (Å²) in [6, 6.07) is 5.63. The van der Waals surface area contributed by atoms with Gasteiger partial charge < -0.3 is 19.3 Å². The zero-order valence-corrected chi connectivity index (χ0v) is 14.4. The van der Waals surface area contributed by atoms with Crippen molar-refractivity contribution in [2.75, 3.05) is 25.3 Å². The fourth-order valence-corrected chi connectivity index (χ4v) is 3.29. The van der Waals surface area contributed by atoms with Gasteiger partial charge in [0.05, 0.1) is 5.92 Å². The molecule has 0 spiro atoms. The Morgan fingerprint density at radius 3 is 2.88 bits per heavy atom. The fourth-order valence-electron chi connectivity index (χ4n) is 3.29. The van der Waals surface area contributed by atoms with Crippen LogP contribution in [-0.4, -0.2) is 43.1 Å². The molecule has 1 aromatic rings. The maximum absolute atomic E-state index is 12.7. The van der Waals surface area contributed by atoms with E-state index in [9.17, 15) is 9.59 Å². The molecule has 6 heteroatoms. The van der Waals surface area contributed by atoms with Gasteiger partial charge in [0.2, 0.25) is 18.6 Å². The molecule has 0 unspecified atom stereocenters. The number of hydrogen-bond donors (Lipinski definition) is 0. The Hall–Kier alpha value is -2.24. The zero-order valence-electron chi connectivity index (χ0n) is 14.4. The number of anilines is 1. The predicted octanol–water partition coefficient (Wildman–Crippen LogP) is 2.42. The van der Waals surface area contributed by atoms with Crippen molar-refractivity contribution in [3.05, 3.63) is 18.2 Å². The molecule has 0 N–H and O–H groups in total. The van der Waals surface area contributed by atoms with Crippen LogP contribution in [0.25, 0.3) is 0 Å². The first-order valence-electron chi connectivity index (χ1n) is 8.48. The predicted molar refractivity (Wildman–Crippen MR) is 90.2 cm³/mol. The summed E-state index contributed by atoms with van der Waals surface area (Å²) in [6.07, 6.45) is 2.26. The number of carbonyl (C=O) groups excluding carboxylic acids is 2. The Morgan fingerprint density at radius 2 is 2.12 bits per heavy atom. The van der Waals surface area contributed by atoms with Gasteiger partial charge in [0, 0.05) is 37.8 Å². The lowest BCUT2D eigenvalue weighted by atomic mass is 10.1. The monoisotopic (exact) mass is 332 g/mol. The third-order valence-electron chi connectivity index (χ3n) is 4.86. The molecule has 2 aliphatic rings. The zero-order chi connectivity index (χ0) is 17.3. The number of hydrogen-bond acceptors (Lipinski definition) is 4. The van der Waals surface area contributed by atoms with E-state index >= 15 is 0 Å². The van der Waals surface area contributed by atoms with Crippen LogP contribution < -0.4 is 14.4 Å². The first kappa shape index (κ1) is 16.6. The lowest BCUT2D eigenvalue weighted by Crippen LogP contribution is -2.40. The van der Waals surface area contributed by atoms with Gasteiger partial charge in [0.25, 0.3) is 0 Å². The highest BCUT2D eigenvalue weighted by atomic mass is 16.7. The van der Waals surface area contributed by atoms with Crippen LogP contribution in [-0.2, 0) is 9.59 Å². The van der Waals surface area contributed by atoms with Crippen LogP contribution in [0.3, 0.4) is 0 Å². The minimum absolute atomic E-state index is 0.0243. The van der Waals surface area contributed by atoms with Gasteiger partial charge in [0.1, 0.15) is 0 Å². The minimum atomic E-state index is -0.285. The van der Waals surface area contributed by atoms with Crippen molar-refractivity contribution in [1.29, 1.82) is 0 Å². The molecule has 0 aliphatic carbocycles. The SMILES string of the molecule is CCC[C@@H](C)N(C)C(=O)[C@@H]1CC(=O)N(c2ccc3c(c2)OCO3)C1. The molecule has 1 fully saturated rings. The molecule has 130 valence electrons. The van der Waals surface area contributed by atoms with Crippen LogP contribution in [0, 0.1) is 5.92 Å². The number of nitrogens with zero attached hydrogens (tertiary/aromatic N) is 2. The van der Waals surface area contributed by atoms with Crippen molar-refractivity contribution < 1.29 is 19.1 Å². The van der Waals surface area contributed by atoms with E-state index in [0.29, 0.717) is 18.0 Å². The van der Waals surface area contributed by atoms with Gasteiger partial charge in [-0.15, -0.1) is 0 Å². The number of carbonyl (C=O) groups is 2. The third kappa shape index (κ3) is 3.05. The summed E-state index contributed by atoms with van der Waals surface area (Å²) >= 11 is 0. The molecule has 1 saturated heterocycles. The van der Waals surface area contributed by atoms with E-state index in [1.165, 1.54) is 0 Å². The Kier molecular flexibility index (Phi) is 4.64. The van der Waals surface area contributed by atoms with Crippen LogP contribution in [0.1, 0.15) is 33.1 Å². The van der Waals surface area contributed by atoms with Gasteiger partial charge >= 0.3 is 0 Å². The standard InChI is InChI=1S/C18H24N2O4/c1-4-5-12(2)19(3)18(22)13-8-17(21)20(10-13)14-6-7-15-16(9-14)24-11-23-15/h6-7,9,12-13H,4-5,8,10-11H2,1-3H3/t12-,13-/m1/s1. The highest BCUT2D eigenvalue weighted by Gasteiger charge is 2.37. The summed E-state index contributed by atoms with van der Waals surface area (Å²) in [6.45, 7) is 4.78. The number of fused-ring (bicyclic) bond motifs is 1. The average molecular weight is 332 g/mol. The molecule has 2 atom stereocenters. The fraction of sp³-hybridized carbons (Fsp3) is 0.556. The van der Waals surface area contributed by atoms with E-state index in [2.05, 4.69) is 6.92 Å². The molecule has 2 amide bonds. The largest absolute Gasteiger partial charge is 0.454 e. The first-order chi connectivity index (χ1) is 11.5. The molecular weight excluding hydrogens is 308 g/mol. The van der Waals surface area contributed by atoms with Crippen molar-refractivity contribution >= 4 is 17.5 Å². The van der Waals surface area contributed by atoms with Crippen molar-refractivity contribution in [3.63, 3.8) is 0 Å². The van der Waals surface area contributed by atoms with Gasteiger partial charge in [-0.1, -0.05) is 13.3 Å². The number of ether oxygens (including phenoxy) is 2. The van der Waals surface area contributed by atoms with E-state index in [4.69, 9.17) is 9.47 Å². The number of benzene rings is 1. The van der Waals surface area contributed by atoms with Crippen molar-refractivity contribution in [2.24, 2.45) is 5.92 Å².